The van der Waals surface area contributed by atoms with Gasteiger partial charge >= 0.3 is 11.8 Å². The van der Waals surface area contributed by atoms with E-state index in [9.17, 15) is 24.9 Å². The standard InChI is InChI=1S/C8H15N3O7/c9-6(16)7(17)10-11-8-5(15)4(14)3(13)2(1-12)18-8/h2-5,8,11-15H,1H2,(H2,9,16)(H,10,17)/t2-,3+,4+,5+,8-/m1/s1. The van der Waals surface area contributed by atoms with E-state index in [1.165, 1.54) is 0 Å². The van der Waals surface area contributed by atoms with E-state index in [0.29, 0.717) is 0 Å². The van der Waals surface area contributed by atoms with Crippen molar-refractivity contribution in [3.63, 3.8) is 0 Å². The number of nitrogens with two attached hydrogens (primary N) is 1. The van der Waals surface area contributed by atoms with Crippen molar-refractivity contribution in [3.05, 3.63) is 0 Å². The lowest BCUT2D eigenvalue weighted by Gasteiger charge is -2.40. The number of amides is 2. The first kappa shape index (κ1) is 14.8. The minimum Gasteiger partial charge on any atom is -0.394 e. The lowest BCUT2D eigenvalue weighted by molar-refractivity contribution is -0.238. The number of hydrogen-bond donors (Lipinski definition) is 7. The second-order valence-corrected chi connectivity index (χ2v) is 3.71. The molecule has 10 heteroatoms. The maximum Gasteiger partial charge on any atom is 0.323 e. The molecule has 0 aromatic carbocycles. The molecular formula is C8H15N3O7. The molecule has 0 unspecified atom stereocenters. The van der Waals surface area contributed by atoms with Gasteiger partial charge in [0.15, 0.2) is 6.23 Å². The van der Waals surface area contributed by atoms with E-state index in [0.717, 1.165) is 0 Å². The molecule has 8 N–H and O–H groups in total. The van der Waals surface area contributed by atoms with Gasteiger partial charge in [0.25, 0.3) is 0 Å². The SMILES string of the molecule is NC(=O)C(=O)NN[C@@H]1O[C@H](CO)[C@H](O)[C@H](O)[C@@H]1O. The van der Waals surface area contributed by atoms with Crippen molar-refractivity contribution in [2.75, 3.05) is 6.61 Å². The van der Waals surface area contributed by atoms with Crippen LogP contribution in [0.1, 0.15) is 0 Å². The number of carbonyl (C=O) groups excluding carboxylic acids is 2. The zero-order valence-electron chi connectivity index (χ0n) is 9.18. The van der Waals surface area contributed by atoms with Crippen molar-refractivity contribution in [3.8, 4) is 0 Å². The predicted octanol–water partition coefficient (Wildman–Crippen LogP) is -5.11. The molecule has 0 aromatic heterocycles. The monoisotopic (exact) mass is 265 g/mol. The minimum absolute atomic E-state index is 0.604. The van der Waals surface area contributed by atoms with Crippen molar-refractivity contribution in [2.45, 2.75) is 30.6 Å². The van der Waals surface area contributed by atoms with Crippen molar-refractivity contribution < 1.29 is 34.8 Å². The lowest BCUT2D eigenvalue weighted by Crippen LogP contribution is -2.65. The Hall–Kier alpha value is -1.30. The summed E-state index contributed by atoms with van der Waals surface area (Å²) in [5, 5.41) is 37.3. The number of ether oxygens (including phenoxy) is 1. The van der Waals surface area contributed by atoms with Crippen LogP contribution in [0, 0.1) is 0 Å². The molecule has 1 aliphatic heterocycles. The quantitative estimate of drug-likeness (QED) is 0.196. The van der Waals surface area contributed by atoms with E-state index < -0.39 is 49.1 Å². The van der Waals surface area contributed by atoms with Gasteiger partial charge in [0, 0.05) is 0 Å². The Labute approximate surface area is 101 Å². The molecule has 0 aromatic rings. The first-order chi connectivity index (χ1) is 8.38. The van der Waals surface area contributed by atoms with Crippen LogP contribution in [0.15, 0.2) is 0 Å². The lowest BCUT2D eigenvalue weighted by atomic mass is 9.99. The highest BCUT2D eigenvalue weighted by Gasteiger charge is 2.43. The molecular weight excluding hydrogens is 250 g/mol. The largest absolute Gasteiger partial charge is 0.394 e. The summed E-state index contributed by atoms with van der Waals surface area (Å²) >= 11 is 0. The predicted molar refractivity (Wildman–Crippen MR) is 54.2 cm³/mol. The van der Waals surface area contributed by atoms with Gasteiger partial charge in [0.1, 0.15) is 24.4 Å². The Kier molecular flexibility index (Phi) is 4.95. The Morgan fingerprint density at radius 3 is 2.28 bits per heavy atom. The summed E-state index contributed by atoms with van der Waals surface area (Å²) in [5.41, 5.74) is 8.62. The minimum atomic E-state index is -1.58. The molecule has 0 bridgehead atoms. The van der Waals surface area contributed by atoms with Crippen LogP contribution in [0.2, 0.25) is 0 Å². The van der Waals surface area contributed by atoms with Crippen LogP contribution in [0.5, 0.6) is 0 Å². The van der Waals surface area contributed by atoms with Gasteiger partial charge < -0.3 is 30.9 Å². The van der Waals surface area contributed by atoms with Crippen LogP contribution in [0.25, 0.3) is 0 Å². The van der Waals surface area contributed by atoms with Crippen molar-refractivity contribution in [2.24, 2.45) is 5.73 Å². The Morgan fingerprint density at radius 2 is 1.78 bits per heavy atom. The third-order valence-corrected chi connectivity index (χ3v) is 2.44. The van der Waals surface area contributed by atoms with Gasteiger partial charge in [-0.15, -0.1) is 0 Å². The number of nitrogens with one attached hydrogen (secondary N) is 2. The first-order valence-corrected chi connectivity index (χ1v) is 5.04. The molecule has 1 heterocycles. The summed E-state index contributed by atoms with van der Waals surface area (Å²) < 4.78 is 4.97. The number of aliphatic hydroxyl groups excluding tert-OH is 4. The molecule has 1 aliphatic rings. The number of primary amides is 1. The molecule has 0 saturated carbocycles. The fourth-order valence-electron chi connectivity index (χ4n) is 1.42. The zero-order chi connectivity index (χ0) is 13.9. The first-order valence-electron chi connectivity index (χ1n) is 5.04. The Morgan fingerprint density at radius 1 is 1.17 bits per heavy atom. The van der Waals surface area contributed by atoms with Gasteiger partial charge in [-0.3, -0.25) is 15.0 Å². The molecule has 2 amide bonds. The van der Waals surface area contributed by atoms with E-state index in [1.54, 1.807) is 0 Å². The molecule has 1 saturated heterocycles. The van der Waals surface area contributed by atoms with Crippen LogP contribution in [-0.2, 0) is 14.3 Å². The average molecular weight is 265 g/mol. The summed E-state index contributed by atoms with van der Waals surface area (Å²) in [6, 6.07) is 0. The average Bonchev–Trinajstić information content (AvgIpc) is 2.34. The van der Waals surface area contributed by atoms with Crippen LogP contribution in [0.3, 0.4) is 0 Å². The van der Waals surface area contributed by atoms with Crippen molar-refractivity contribution in [1.82, 2.24) is 10.9 Å². The Balaban J connectivity index is 2.59. The van der Waals surface area contributed by atoms with Crippen molar-refractivity contribution in [1.29, 1.82) is 0 Å². The molecule has 1 fully saturated rings. The van der Waals surface area contributed by atoms with Gasteiger partial charge in [-0.25, -0.2) is 5.43 Å². The van der Waals surface area contributed by atoms with Gasteiger partial charge in [-0.1, -0.05) is 0 Å². The normalized spacial score (nSPS) is 36.1. The zero-order valence-corrected chi connectivity index (χ0v) is 9.18. The summed E-state index contributed by atoms with van der Waals surface area (Å²) in [6.45, 7) is -0.604. The summed E-state index contributed by atoms with van der Waals surface area (Å²) in [5.74, 6) is -2.43. The Bertz CT molecular complexity index is 324. The van der Waals surface area contributed by atoms with Gasteiger partial charge in [-0.05, 0) is 0 Å². The van der Waals surface area contributed by atoms with Crippen LogP contribution in [-0.4, -0.2) is 69.5 Å². The molecule has 1 rings (SSSR count). The molecule has 18 heavy (non-hydrogen) atoms. The third kappa shape index (κ3) is 3.13. The summed E-state index contributed by atoms with van der Waals surface area (Å²) in [6.07, 6.45) is -7.10. The molecule has 0 aliphatic carbocycles. The van der Waals surface area contributed by atoms with Gasteiger partial charge in [0.2, 0.25) is 0 Å². The molecule has 0 radical (unpaired) electrons. The second-order valence-electron chi connectivity index (χ2n) is 3.71. The molecule has 5 atom stereocenters. The smallest absolute Gasteiger partial charge is 0.323 e. The molecule has 0 spiro atoms. The van der Waals surface area contributed by atoms with Gasteiger partial charge in [0.05, 0.1) is 6.61 Å². The highest BCUT2D eigenvalue weighted by Crippen LogP contribution is 2.19. The fourth-order valence-corrected chi connectivity index (χ4v) is 1.42. The van der Waals surface area contributed by atoms with E-state index in [1.807, 2.05) is 5.43 Å². The summed E-state index contributed by atoms with van der Waals surface area (Å²) in [7, 11) is 0. The van der Waals surface area contributed by atoms with E-state index in [2.05, 4.69) is 11.2 Å². The van der Waals surface area contributed by atoms with E-state index in [4.69, 9.17) is 9.84 Å². The number of carbonyl (C=O) groups is 2. The topological polar surface area (TPSA) is 174 Å². The van der Waals surface area contributed by atoms with Crippen LogP contribution in [0.4, 0.5) is 0 Å². The maximum absolute atomic E-state index is 10.8. The second kappa shape index (κ2) is 6.04. The summed E-state index contributed by atoms with van der Waals surface area (Å²) in [4.78, 5) is 21.3. The number of hydrogen-bond acceptors (Lipinski definition) is 8. The van der Waals surface area contributed by atoms with Crippen LogP contribution < -0.4 is 16.6 Å². The van der Waals surface area contributed by atoms with E-state index in [-0.39, 0.29) is 0 Å². The maximum atomic E-state index is 10.8. The van der Waals surface area contributed by atoms with Crippen molar-refractivity contribution >= 4 is 11.8 Å². The number of rotatable bonds is 3. The van der Waals surface area contributed by atoms with Crippen LogP contribution >= 0.6 is 0 Å². The number of hydrazine groups is 1. The molecule has 104 valence electrons. The fraction of sp³-hybridized carbons (Fsp3) is 0.750. The third-order valence-electron chi connectivity index (χ3n) is 2.44. The van der Waals surface area contributed by atoms with Gasteiger partial charge in [-0.2, -0.15) is 0 Å². The number of aliphatic hydroxyl groups is 4. The van der Waals surface area contributed by atoms with E-state index >= 15 is 0 Å². The highest BCUT2D eigenvalue weighted by atomic mass is 16.6. The molecule has 10 nitrogen and oxygen atoms in total. The highest BCUT2D eigenvalue weighted by molar-refractivity contribution is 6.34.